The lowest BCUT2D eigenvalue weighted by molar-refractivity contribution is -0.0703. The van der Waals surface area contributed by atoms with E-state index in [2.05, 4.69) is 4.98 Å². The summed E-state index contributed by atoms with van der Waals surface area (Å²) >= 11 is 0. The quantitative estimate of drug-likeness (QED) is 0.464. The number of hydrogen-bond acceptors (Lipinski definition) is 9. The Morgan fingerprint density at radius 2 is 2.32 bits per heavy atom. The van der Waals surface area contributed by atoms with E-state index in [1.807, 2.05) is 0 Å². The Bertz CT molecular complexity index is 556. The summed E-state index contributed by atoms with van der Waals surface area (Å²) in [6, 6.07) is 1.44. The number of rotatable bonds is 6. The topological polar surface area (TPSA) is 155 Å². The lowest BCUT2D eigenvalue weighted by atomic mass is 10.1. The SMILES string of the molecule is CCO[C@@H]1[C@H](O)[C@@H](COP(N)O)O[C@H]1n1ccc(N)nc1=O. The normalized spacial score (nSPS) is 29.6. The average molecular weight is 334 g/mol. The largest absolute Gasteiger partial charge is 0.387 e. The molecule has 0 spiro atoms. The highest BCUT2D eigenvalue weighted by atomic mass is 31.2. The van der Waals surface area contributed by atoms with Gasteiger partial charge >= 0.3 is 5.69 Å². The van der Waals surface area contributed by atoms with Gasteiger partial charge in [-0.15, -0.1) is 0 Å². The molecule has 5 atom stereocenters. The molecular weight excluding hydrogens is 315 g/mol. The van der Waals surface area contributed by atoms with E-state index in [1.165, 1.54) is 16.8 Å². The molecule has 1 aliphatic heterocycles. The summed E-state index contributed by atoms with van der Waals surface area (Å²) in [6.45, 7) is 1.94. The van der Waals surface area contributed by atoms with Gasteiger partial charge in [-0.05, 0) is 13.0 Å². The molecule has 0 saturated carbocycles. The van der Waals surface area contributed by atoms with Crippen molar-refractivity contribution in [3.8, 4) is 0 Å². The van der Waals surface area contributed by atoms with Crippen molar-refractivity contribution in [2.45, 2.75) is 31.5 Å². The van der Waals surface area contributed by atoms with Gasteiger partial charge in [-0.3, -0.25) is 10.1 Å². The van der Waals surface area contributed by atoms with Crippen LogP contribution in [-0.4, -0.2) is 51.1 Å². The van der Waals surface area contributed by atoms with Crippen molar-refractivity contribution < 1.29 is 24.0 Å². The number of nitrogen functional groups attached to an aromatic ring is 1. The number of hydrogen-bond donors (Lipinski definition) is 4. The molecule has 22 heavy (non-hydrogen) atoms. The van der Waals surface area contributed by atoms with Gasteiger partial charge in [0.25, 0.3) is 0 Å². The Kier molecular flexibility index (Phi) is 5.81. The molecule has 0 aliphatic carbocycles. The molecule has 10 nitrogen and oxygen atoms in total. The van der Waals surface area contributed by atoms with Crippen LogP contribution < -0.4 is 16.9 Å². The molecule has 1 aliphatic rings. The first-order chi connectivity index (χ1) is 10.4. The second-order valence-electron chi connectivity index (χ2n) is 4.62. The van der Waals surface area contributed by atoms with E-state index in [4.69, 9.17) is 30.1 Å². The molecule has 1 fully saturated rings. The molecule has 0 amide bonds. The predicted molar refractivity (Wildman–Crippen MR) is 77.5 cm³/mol. The molecule has 6 N–H and O–H groups in total. The zero-order valence-corrected chi connectivity index (χ0v) is 12.8. The van der Waals surface area contributed by atoms with Crippen LogP contribution in [0.5, 0.6) is 0 Å². The van der Waals surface area contributed by atoms with E-state index in [0.29, 0.717) is 6.61 Å². The number of nitrogens with zero attached hydrogens (tertiary/aromatic N) is 2. The lowest BCUT2D eigenvalue weighted by Gasteiger charge is -2.21. The van der Waals surface area contributed by atoms with E-state index >= 15 is 0 Å². The summed E-state index contributed by atoms with van der Waals surface area (Å²) in [5.41, 5.74) is 9.98. The molecule has 2 rings (SSSR count). The Labute approximate surface area is 127 Å². The van der Waals surface area contributed by atoms with Crippen LogP contribution in [-0.2, 0) is 14.0 Å². The molecule has 11 heteroatoms. The maximum Gasteiger partial charge on any atom is 0.351 e. The van der Waals surface area contributed by atoms with E-state index in [-0.39, 0.29) is 12.4 Å². The standard InChI is InChI=1S/C11H19N4O6P/c1-2-19-9-8(16)6(5-20-22(13)18)21-10(9)15-4-3-7(12)14-11(15)17/h3-4,6,8-10,16,18H,2,5,13H2,1H3,(H2,12,14,17)/t6-,8-,9-,10-,22?/m1/s1. The number of anilines is 1. The molecule has 1 aromatic rings. The molecule has 0 bridgehead atoms. The maximum absolute atomic E-state index is 11.9. The third-order valence-corrected chi connectivity index (χ3v) is 3.58. The van der Waals surface area contributed by atoms with Gasteiger partial charge in [0.1, 0.15) is 24.1 Å². The van der Waals surface area contributed by atoms with Gasteiger partial charge in [-0.25, -0.2) is 4.79 Å². The molecule has 1 aromatic heterocycles. The van der Waals surface area contributed by atoms with Crippen LogP contribution >= 0.6 is 8.53 Å². The van der Waals surface area contributed by atoms with Gasteiger partial charge in [-0.1, -0.05) is 0 Å². The van der Waals surface area contributed by atoms with Crippen molar-refractivity contribution in [3.63, 3.8) is 0 Å². The van der Waals surface area contributed by atoms with E-state index in [9.17, 15) is 9.90 Å². The molecule has 0 radical (unpaired) electrons. The van der Waals surface area contributed by atoms with Crippen molar-refractivity contribution in [2.24, 2.45) is 5.50 Å². The number of nitrogens with two attached hydrogens (primary N) is 2. The molecule has 1 unspecified atom stereocenters. The summed E-state index contributed by atoms with van der Waals surface area (Å²) in [5.74, 6) is 0.0849. The van der Waals surface area contributed by atoms with Crippen molar-refractivity contribution in [2.75, 3.05) is 18.9 Å². The van der Waals surface area contributed by atoms with Gasteiger partial charge in [0, 0.05) is 12.8 Å². The molecule has 124 valence electrons. The lowest BCUT2D eigenvalue weighted by Crippen LogP contribution is -2.38. The highest BCUT2D eigenvalue weighted by Crippen LogP contribution is 2.33. The third-order valence-electron chi connectivity index (χ3n) is 3.17. The van der Waals surface area contributed by atoms with E-state index in [1.54, 1.807) is 6.92 Å². The summed E-state index contributed by atoms with van der Waals surface area (Å²) in [6.07, 6.45) is -2.11. The van der Waals surface area contributed by atoms with Gasteiger partial charge in [-0.2, -0.15) is 4.98 Å². The second kappa shape index (κ2) is 7.42. The monoisotopic (exact) mass is 334 g/mol. The van der Waals surface area contributed by atoms with Crippen LogP contribution in [0.15, 0.2) is 17.1 Å². The molecule has 2 heterocycles. The van der Waals surface area contributed by atoms with E-state index < -0.39 is 38.8 Å². The highest BCUT2D eigenvalue weighted by molar-refractivity contribution is 7.43. The Balaban J connectivity index is 2.22. The highest BCUT2D eigenvalue weighted by Gasteiger charge is 2.46. The first kappa shape index (κ1) is 17.2. The minimum atomic E-state index is -2.07. The molecular formula is C11H19N4O6P. The van der Waals surface area contributed by atoms with Gasteiger partial charge in [0.2, 0.25) is 8.53 Å². The van der Waals surface area contributed by atoms with Crippen molar-refractivity contribution in [3.05, 3.63) is 22.7 Å². The van der Waals surface area contributed by atoms with Gasteiger partial charge in [0.15, 0.2) is 6.23 Å². The summed E-state index contributed by atoms with van der Waals surface area (Å²) in [4.78, 5) is 24.5. The zero-order valence-electron chi connectivity index (χ0n) is 11.9. The van der Waals surface area contributed by atoms with Crippen LogP contribution in [0.3, 0.4) is 0 Å². The number of aromatic nitrogens is 2. The minimum Gasteiger partial charge on any atom is -0.387 e. The average Bonchev–Trinajstić information content (AvgIpc) is 2.74. The van der Waals surface area contributed by atoms with E-state index in [0.717, 1.165) is 0 Å². The fourth-order valence-corrected chi connectivity index (χ4v) is 2.52. The zero-order chi connectivity index (χ0) is 16.3. The van der Waals surface area contributed by atoms with Gasteiger partial charge < -0.3 is 29.7 Å². The van der Waals surface area contributed by atoms with Crippen molar-refractivity contribution in [1.29, 1.82) is 0 Å². The van der Waals surface area contributed by atoms with Crippen LogP contribution in [0.2, 0.25) is 0 Å². The number of aliphatic hydroxyl groups excluding tert-OH is 1. The van der Waals surface area contributed by atoms with Crippen molar-refractivity contribution in [1.82, 2.24) is 9.55 Å². The van der Waals surface area contributed by atoms with Crippen LogP contribution in [0, 0.1) is 0 Å². The number of ether oxygens (including phenoxy) is 2. The number of aliphatic hydroxyl groups is 1. The predicted octanol–water partition coefficient (Wildman–Crippen LogP) is -1.32. The second-order valence-corrected chi connectivity index (χ2v) is 5.48. The third kappa shape index (κ3) is 3.79. The van der Waals surface area contributed by atoms with Crippen molar-refractivity contribution >= 4 is 14.3 Å². The van der Waals surface area contributed by atoms with Gasteiger partial charge in [0.05, 0.1) is 6.61 Å². The first-order valence-electron chi connectivity index (χ1n) is 6.60. The van der Waals surface area contributed by atoms with Crippen LogP contribution in [0.4, 0.5) is 5.82 Å². The minimum absolute atomic E-state index is 0.0849. The summed E-state index contributed by atoms with van der Waals surface area (Å²) < 4.78 is 17.2. The molecule has 0 aromatic carbocycles. The Morgan fingerprint density at radius 1 is 1.59 bits per heavy atom. The molecule has 1 saturated heterocycles. The first-order valence-corrected chi connectivity index (χ1v) is 7.88. The Morgan fingerprint density at radius 3 is 2.91 bits per heavy atom. The smallest absolute Gasteiger partial charge is 0.351 e. The maximum atomic E-state index is 11.9. The summed E-state index contributed by atoms with van der Waals surface area (Å²) in [7, 11) is -2.07. The fraction of sp³-hybridized carbons (Fsp3) is 0.636. The Hall–Kier alpha value is -1.13. The fourth-order valence-electron chi connectivity index (χ4n) is 2.22. The van der Waals surface area contributed by atoms with Crippen LogP contribution in [0.25, 0.3) is 0 Å². The van der Waals surface area contributed by atoms with Crippen LogP contribution in [0.1, 0.15) is 13.2 Å². The summed E-state index contributed by atoms with van der Waals surface area (Å²) in [5, 5.41) is 10.3.